The number of rotatable bonds is 3. The van der Waals surface area contributed by atoms with Gasteiger partial charge in [-0.15, -0.1) is 0 Å². The quantitative estimate of drug-likeness (QED) is 0.795. The number of benzene rings is 1. The number of ether oxygens (including phenoxy) is 1. The summed E-state index contributed by atoms with van der Waals surface area (Å²) in [6.45, 7) is -0.267. The fourth-order valence-electron chi connectivity index (χ4n) is 1.29. The molecular formula is C12H7ClF3NO. The normalized spacial score (nSPS) is 10.4. The molecule has 0 aliphatic carbocycles. The van der Waals surface area contributed by atoms with Crippen molar-refractivity contribution in [1.82, 2.24) is 4.98 Å². The van der Waals surface area contributed by atoms with Gasteiger partial charge >= 0.3 is 0 Å². The number of hydrogen-bond acceptors (Lipinski definition) is 2. The van der Waals surface area contributed by atoms with Crippen LogP contribution in [0.1, 0.15) is 5.56 Å². The second-order valence-corrected chi connectivity index (χ2v) is 3.88. The van der Waals surface area contributed by atoms with Gasteiger partial charge in [0.2, 0.25) is 5.95 Å². The molecule has 0 bridgehead atoms. The van der Waals surface area contributed by atoms with Crippen LogP contribution in [-0.4, -0.2) is 4.98 Å². The fourth-order valence-corrected chi connectivity index (χ4v) is 1.45. The van der Waals surface area contributed by atoms with Gasteiger partial charge in [0.25, 0.3) is 5.88 Å². The van der Waals surface area contributed by atoms with Crippen LogP contribution in [0.3, 0.4) is 0 Å². The number of nitrogens with zero attached hydrogens (tertiary/aromatic N) is 1. The van der Waals surface area contributed by atoms with E-state index in [0.29, 0.717) is 0 Å². The van der Waals surface area contributed by atoms with Crippen molar-refractivity contribution in [2.45, 2.75) is 6.61 Å². The van der Waals surface area contributed by atoms with Crippen LogP contribution in [0.15, 0.2) is 30.3 Å². The lowest BCUT2D eigenvalue weighted by Crippen LogP contribution is -2.02. The third kappa shape index (κ3) is 2.92. The summed E-state index contributed by atoms with van der Waals surface area (Å²) in [4.78, 5) is 3.22. The van der Waals surface area contributed by atoms with E-state index in [1.165, 1.54) is 12.1 Å². The Morgan fingerprint density at radius 2 is 1.83 bits per heavy atom. The molecule has 0 saturated carbocycles. The molecular weight excluding hydrogens is 267 g/mol. The summed E-state index contributed by atoms with van der Waals surface area (Å²) in [6.07, 6.45) is 0. The first kappa shape index (κ1) is 12.7. The number of halogens is 4. The standard InChI is InChI=1S/C12H7ClF3NO/c13-8-2-1-7(10(15)5-8)6-18-12-9(14)3-4-11(16)17-12/h1-5H,6H2. The molecule has 0 amide bonds. The Bertz CT molecular complexity index is 577. The summed E-state index contributed by atoms with van der Waals surface area (Å²) in [5.74, 6) is -2.78. The van der Waals surface area contributed by atoms with Crippen molar-refractivity contribution >= 4 is 11.6 Å². The number of pyridine rings is 1. The lowest BCUT2D eigenvalue weighted by Gasteiger charge is -2.07. The summed E-state index contributed by atoms with van der Waals surface area (Å²) in [5, 5.41) is 0.242. The van der Waals surface area contributed by atoms with E-state index < -0.39 is 23.5 Å². The molecule has 0 N–H and O–H groups in total. The van der Waals surface area contributed by atoms with Gasteiger partial charge in [-0.05, 0) is 24.3 Å². The SMILES string of the molecule is Fc1ccc(F)c(OCc2ccc(Cl)cc2F)n1. The molecule has 2 aromatic rings. The molecule has 0 fully saturated rings. The topological polar surface area (TPSA) is 22.1 Å². The Balaban J connectivity index is 2.13. The van der Waals surface area contributed by atoms with Crippen LogP contribution in [0.4, 0.5) is 13.2 Å². The average Bonchev–Trinajstić information content (AvgIpc) is 2.32. The highest BCUT2D eigenvalue weighted by molar-refractivity contribution is 6.30. The maximum atomic E-state index is 13.4. The van der Waals surface area contributed by atoms with Crippen LogP contribution in [-0.2, 0) is 6.61 Å². The van der Waals surface area contributed by atoms with Crippen LogP contribution in [0.25, 0.3) is 0 Å². The maximum Gasteiger partial charge on any atom is 0.253 e. The molecule has 2 nitrogen and oxygen atoms in total. The molecule has 94 valence electrons. The monoisotopic (exact) mass is 273 g/mol. The molecule has 6 heteroatoms. The van der Waals surface area contributed by atoms with E-state index in [1.807, 2.05) is 0 Å². The van der Waals surface area contributed by atoms with E-state index in [-0.39, 0.29) is 17.2 Å². The largest absolute Gasteiger partial charge is 0.471 e. The highest BCUT2D eigenvalue weighted by Gasteiger charge is 2.09. The van der Waals surface area contributed by atoms with Crippen molar-refractivity contribution in [2.24, 2.45) is 0 Å². The molecule has 1 aromatic heterocycles. The molecule has 2 rings (SSSR count). The van der Waals surface area contributed by atoms with Crippen LogP contribution >= 0.6 is 11.6 Å². The molecule has 0 radical (unpaired) electrons. The molecule has 0 aliphatic heterocycles. The van der Waals surface area contributed by atoms with E-state index in [1.54, 1.807) is 0 Å². The fraction of sp³-hybridized carbons (Fsp3) is 0.0833. The van der Waals surface area contributed by atoms with Gasteiger partial charge in [0.15, 0.2) is 5.82 Å². The molecule has 1 heterocycles. The molecule has 0 aliphatic rings. The number of hydrogen-bond donors (Lipinski definition) is 0. The molecule has 1 aromatic carbocycles. The molecule has 0 saturated heterocycles. The lowest BCUT2D eigenvalue weighted by atomic mass is 10.2. The Morgan fingerprint density at radius 1 is 1.06 bits per heavy atom. The zero-order valence-corrected chi connectivity index (χ0v) is 9.72. The van der Waals surface area contributed by atoms with Crippen molar-refractivity contribution in [2.75, 3.05) is 0 Å². The molecule has 0 atom stereocenters. The van der Waals surface area contributed by atoms with Crippen molar-refractivity contribution in [1.29, 1.82) is 0 Å². The summed E-state index contributed by atoms with van der Waals surface area (Å²) in [5.41, 5.74) is 0.171. The highest BCUT2D eigenvalue weighted by Crippen LogP contribution is 2.18. The van der Waals surface area contributed by atoms with E-state index in [4.69, 9.17) is 16.3 Å². The molecule has 0 unspecified atom stereocenters. The molecule has 18 heavy (non-hydrogen) atoms. The first-order chi connectivity index (χ1) is 8.56. The zero-order valence-electron chi connectivity index (χ0n) is 8.96. The van der Waals surface area contributed by atoms with Gasteiger partial charge in [0.1, 0.15) is 12.4 Å². The summed E-state index contributed by atoms with van der Waals surface area (Å²) in [6, 6.07) is 5.73. The minimum Gasteiger partial charge on any atom is -0.471 e. The van der Waals surface area contributed by atoms with Crippen molar-refractivity contribution in [3.8, 4) is 5.88 Å². The van der Waals surface area contributed by atoms with Crippen molar-refractivity contribution in [3.05, 3.63) is 58.5 Å². The van der Waals surface area contributed by atoms with Crippen LogP contribution in [0.5, 0.6) is 5.88 Å². The van der Waals surface area contributed by atoms with Crippen LogP contribution in [0, 0.1) is 17.6 Å². The van der Waals surface area contributed by atoms with Gasteiger partial charge in [0, 0.05) is 10.6 Å². The Labute approximate surface area is 106 Å². The molecule has 0 spiro atoms. The summed E-state index contributed by atoms with van der Waals surface area (Å²) >= 11 is 5.58. The predicted octanol–water partition coefficient (Wildman–Crippen LogP) is 3.73. The summed E-state index contributed by atoms with van der Waals surface area (Å²) < 4.78 is 44.2. The van der Waals surface area contributed by atoms with Gasteiger partial charge < -0.3 is 4.74 Å². The number of aromatic nitrogens is 1. The average molecular weight is 274 g/mol. The maximum absolute atomic E-state index is 13.4. The van der Waals surface area contributed by atoms with Gasteiger partial charge in [-0.25, -0.2) is 8.78 Å². The smallest absolute Gasteiger partial charge is 0.253 e. The second-order valence-electron chi connectivity index (χ2n) is 3.45. The lowest BCUT2D eigenvalue weighted by molar-refractivity contribution is 0.267. The minimum absolute atomic E-state index is 0.171. The van der Waals surface area contributed by atoms with E-state index in [2.05, 4.69) is 4.98 Å². The van der Waals surface area contributed by atoms with E-state index in [9.17, 15) is 13.2 Å². The Hall–Kier alpha value is -1.75. The van der Waals surface area contributed by atoms with Crippen LogP contribution in [0.2, 0.25) is 5.02 Å². The van der Waals surface area contributed by atoms with Crippen LogP contribution < -0.4 is 4.74 Å². The van der Waals surface area contributed by atoms with Crippen molar-refractivity contribution in [3.63, 3.8) is 0 Å². The van der Waals surface area contributed by atoms with Gasteiger partial charge in [0.05, 0.1) is 0 Å². The van der Waals surface area contributed by atoms with Gasteiger partial charge in [-0.2, -0.15) is 9.37 Å². The van der Waals surface area contributed by atoms with Gasteiger partial charge in [-0.3, -0.25) is 0 Å². The third-order valence-corrected chi connectivity index (χ3v) is 2.39. The van der Waals surface area contributed by atoms with Gasteiger partial charge in [-0.1, -0.05) is 17.7 Å². The Morgan fingerprint density at radius 3 is 2.56 bits per heavy atom. The third-order valence-electron chi connectivity index (χ3n) is 2.16. The van der Waals surface area contributed by atoms with Crippen molar-refractivity contribution < 1.29 is 17.9 Å². The first-order valence-electron chi connectivity index (χ1n) is 4.95. The minimum atomic E-state index is -0.872. The summed E-state index contributed by atoms with van der Waals surface area (Å²) in [7, 11) is 0. The highest BCUT2D eigenvalue weighted by atomic mass is 35.5. The Kier molecular flexibility index (Phi) is 3.72. The second kappa shape index (κ2) is 5.27. The first-order valence-corrected chi connectivity index (χ1v) is 5.33. The van der Waals surface area contributed by atoms with E-state index >= 15 is 0 Å². The van der Waals surface area contributed by atoms with E-state index in [0.717, 1.165) is 18.2 Å². The zero-order chi connectivity index (χ0) is 13.1. The predicted molar refractivity (Wildman–Crippen MR) is 59.9 cm³/mol.